The van der Waals surface area contributed by atoms with E-state index in [0.29, 0.717) is 0 Å². The first-order valence-corrected chi connectivity index (χ1v) is 7.50. The highest BCUT2D eigenvalue weighted by Gasteiger charge is 2.34. The highest BCUT2D eigenvalue weighted by molar-refractivity contribution is 7.89. The number of benzene rings is 1. The minimum Gasteiger partial charge on any atom is -0.398 e. The normalized spacial score (nSPS) is 25.4. The number of anilines is 1. The fourth-order valence-electron chi connectivity index (χ4n) is 2.15. The van der Waals surface area contributed by atoms with Gasteiger partial charge in [0.05, 0.1) is 24.5 Å². The van der Waals surface area contributed by atoms with Gasteiger partial charge in [-0.05, 0) is 19.1 Å². The Hall–Kier alpha value is -1.15. The van der Waals surface area contributed by atoms with E-state index in [1.807, 2.05) is 0 Å². The second-order valence-corrected chi connectivity index (χ2v) is 6.52. The van der Waals surface area contributed by atoms with Crippen molar-refractivity contribution in [3.8, 4) is 0 Å². The van der Waals surface area contributed by atoms with E-state index in [2.05, 4.69) is 0 Å². The molecule has 2 rings (SSSR count). The average molecular weight is 286 g/mol. The molecule has 1 fully saturated rings. The highest BCUT2D eigenvalue weighted by Crippen LogP contribution is 2.24. The molecule has 0 radical (unpaired) electrons. The standard InChI is InChI=1S/C12H18N2O4S/c1-9-6-14(7-10(8-15)18-9)19(16,17)12-5-3-2-4-11(12)13/h2-5,9-10,15H,6-8,13H2,1H3. The van der Waals surface area contributed by atoms with Gasteiger partial charge in [0, 0.05) is 13.1 Å². The molecule has 3 N–H and O–H groups in total. The molecule has 1 aromatic carbocycles. The minimum absolute atomic E-state index is 0.0980. The maximum atomic E-state index is 12.5. The van der Waals surface area contributed by atoms with E-state index in [1.165, 1.54) is 10.4 Å². The number of aliphatic hydroxyl groups excluding tert-OH is 1. The van der Waals surface area contributed by atoms with E-state index in [9.17, 15) is 8.42 Å². The molecule has 6 nitrogen and oxygen atoms in total. The summed E-state index contributed by atoms with van der Waals surface area (Å²) in [6, 6.07) is 6.36. The Balaban J connectivity index is 2.32. The van der Waals surface area contributed by atoms with Gasteiger partial charge in [0.1, 0.15) is 4.90 Å². The fraction of sp³-hybridized carbons (Fsp3) is 0.500. The van der Waals surface area contributed by atoms with Gasteiger partial charge in [-0.3, -0.25) is 0 Å². The molecular weight excluding hydrogens is 268 g/mol. The molecule has 1 aliphatic heterocycles. The van der Waals surface area contributed by atoms with Crippen LogP contribution in [-0.4, -0.2) is 49.7 Å². The number of ether oxygens (including phenoxy) is 1. The lowest BCUT2D eigenvalue weighted by molar-refractivity contribution is -0.0750. The van der Waals surface area contributed by atoms with Crippen LogP contribution < -0.4 is 5.73 Å². The second-order valence-electron chi connectivity index (χ2n) is 4.61. The predicted octanol–water partition coefficient (Wildman–Crippen LogP) is 0.0391. The number of aliphatic hydroxyl groups is 1. The Kier molecular flexibility index (Phi) is 4.10. The molecule has 1 heterocycles. The first-order chi connectivity index (χ1) is 8.95. The van der Waals surface area contributed by atoms with Gasteiger partial charge >= 0.3 is 0 Å². The van der Waals surface area contributed by atoms with Crippen molar-refractivity contribution >= 4 is 15.7 Å². The Labute approximate surface area is 112 Å². The van der Waals surface area contributed by atoms with Crippen molar-refractivity contribution in [1.29, 1.82) is 0 Å². The molecule has 0 aliphatic carbocycles. The molecule has 0 aromatic heterocycles. The molecule has 106 valence electrons. The van der Waals surface area contributed by atoms with E-state index in [0.717, 1.165) is 0 Å². The number of nitrogens with two attached hydrogens (primary N) is 1. The fourth-order valence-corrected chi connectivity index (χ4v) is 3.82. The molecule has 1 aliphatic rings. The van der Waals surface area contributed by atoms with E-state index in [1.54, 1.807) is 25.1 Å². The molecule has 1 saturated heterocycles. The van der Waals surface area contributed by atoms with Gasteiger partial charge in [0.2, 0.25) is 10.0 Å². The molecule has 2 unspecified atom stereocenters. The van der Waals surface area contributed by atoms with Crippen molar-refractivity contribution in [3.05, 3.63) is 24.3 Å². The maximum Gasteiger partial charge on any atom is 0.245 e. The summed E-state index contributed by atoms with van der Waals surface area (Å²) in [7, 11) is -3.65. The number of nitrogens with zero attached hydrogens (tertiary/aromatic N) is 1. The molecular formula is C12H18N2O4S. The van der Waals surface area contributed by atoms with Crippen LogP contribution in [0.25, 0.3) is 0 Å². The summed E-state index contributed by atoms with van der Waals surface area (Å²) < 4.78 is 31.8. The summed E-state index contributed by atoms with van der Waals surface area (Å²) >= 11 is 0. The van der Waals surface area contributed by atoms with Crippen LogP contribution >= 0.6 is 0 Å². The lowest BCUT2D eigenvalue weighted by Gasteiger charge is -2.35. The highest BCUT2D eigenvalue weighted by atomic mass is 32.2. The Morgan fingerprint density at radius 1 is 1.42 bits per heavy atom. The van der Waals surface area contributed by atoms with Crippen LogP contribution in [0.1, 0.15) is 6.92 Å². The zero-order valence-corrected chi connectivity index (χ0v) is 11.5. The van der Waals surface area contributed by atoms with Crippen molar-refractivity contribution < 1.29 is 18.3 Å². The Morgan fingerprint density at radius 2 is 2.11 bits per heavy atom. The Bertz CT molecular complexity index is 546. The van der Waals surface area contributed by atoms with Crippen LogP contribution in [0.2, 0.25) is 0 Å². The maximum absolute atomic E-state index is 12.5. The lowest BCUT2D eigenvalue weighted by atomic mass is 10.2. The third kappa shape index (κ3) is 2.89. The van der Waals surface area contributed by atoms with Crippen LogP contribution in [-0.2, 0) is 14.8 Å². The second kappa shape index (κ2) is 5.46. The number of hydrogen-bond acceptors (Lipinski definition) is 5. The van der Waals surface area contributed by atoms with Crippen LogP contribution in [0.5, 0.6) is 0 Å². The summed E-state index contributed by atoms with van der Waals surface area (Å²) in [6.45, 7) is 1.96. The molecule has 2 atom stereocenters. The number of rotatable bonds is 3. The van der Waals surface area contributed by atoms with E-state index in [4.69, 9.17) is 15.6 Å². The van der Waals surface area contributed by atoms with Crippen molar-refractivity contribution in [2.24, 2.45) is 0 Å². The summed E-state index contributed by atoms with van der Waals surface area (Å²) in [5.74, 6) is 0. The van der Waals surface area contributed by atoms with Gasteiger partial charge < -0.3 is 15.6 Å². The average Bonchev–Trinajstić information content (AvgIpc) is 2.38. The van der Waals surface area contributed by atoms with Crippen molar-refractivity contribution in [2.75, 3.05) is 25.4 Å². The molecule has 1 aromatic rings. The largest absolute Gasteiger partial charge is 0.398 e. The van der Waals surface area contributed by atoms with Crippen molar-refractivity contribution in [3.63, 3.8) is 0 Å². The first-order valence-electron chi connectivity index (χ1n) is 6.06. The van der Waals surface area contributed by atoms with Crippen LogP contribution in [0.3, 0.4) is 0 Å². The van der Waals surface area contributed by atoms with Gasteiger partial charge in [-0.2, -0.15) is 4.31 Å². The molecule has 19 heavy (non-hydrogen) atoms. The van der Waals surface area contributed by atoms with Gasteiger partial charge in [-0.25, -0.2) is 8.42 Å². The summed E-state index contributed by atoms with van der Waals surface area (Å²) in [6.07, 6.45) is -0.755. The number of nitrogen functional groups attached to an aromatic ring is 1. The van der Waals surface area contributed by atoms with E-state index >= 15 is 0 Å². The molecule has 0 saturated carbocycles. The molecule has 7 heteroatoms. The third-order valence-electron chi connectivity index (χ3n) is 3.03. The van der Waals surface area contributed by atoms with Gasteiger partial charge in [-0.1, -0.05) is 12.1 Å². The van der Waals surface area contributed by atoms with Crippen LogP contribution in [0.4, 0.5) is 5.69 Å². The topological polar surface area (TPSA) is 92.9 Å². The molecule has 0 amide bonds. The lowest BCUT2D eigenvalue weighted by Crippen LogP contribution is -2.50. The number of sulfonamides is 1. The van der Waals surface area contributed by atoms with Crippen molar-refractivity contribution in [1.82, 2.24) is 4.31 Å². The quantitative estimate of drug-likeness (QED) is 0.765. The number of morpholine rings is 1. The van der Waals surface area contributed by atoms with Crippen LogP contribution in [0.15, 0.2) is 29.2 Å². The zero-order valence-electron chi connectivity index (χ0n) is 10.7. The van der Waals surface area contributed by atoms with Gasteiger partial charge in [0.15, 0.2) is 0 Å². The van der Waals surface area contributed by atoms with Crippen molar-refractivity contribution in [2.45, 2.75) is 24.0 Å². The number of hydrogen-bond donors (Lipinski definition) is 2. The van der Waals surface area contributed by atoms with Crippen LogP contribution in [0, 0.1) is 0 Å². The predicted molar refractivity (Wildman–Crippen MR) is 71.0 cm³/mol. The molecule has 0 bridgehead atoms. The zero-order chi connectivity index (χ0) is 14.0. The van der Waals surface area contributed by atoms with Gasteiger partial charge in [-0.15, -0.1) is 0 Å². The SMILES string of the molecule is CC1CN(S(=O)(=O)c2ccccc2N)CC(CO)O1. The summed E-state index contributed by atoms with van der Waals surface area (Å²) in [5, 5.41) is 9.15. The minimum atomic E-state index is -3.65. The monoisotopic (exact) mass is 286 g/mol. The smallest absolute Gasteiger partial charge is 0.245 e. The summed E-state index contributed by atoms with van der Waals surface area (Å²) in [5.41, 5.74) is 5.95. The Morgan fingerprint density at radius 3 is 2.74 bits per heavy atom. The van der Waals surface area contributed by atoms with E-state index < -0.39 is 16.1 Å². The van der Waals surface area contributed by atoms with E-state index in [-0.39, 0.29) is 36.4 Å². The first kappa shape index (κ1) is 14.3. The summed E-state index contributed by atoms with van der Waals surface area (Å²) in [4.78, 5) is 0.0980. The van der Waals surface area contributed by atoms with Gasteiger partial charge in [0.25, 0.3) is 0 Å². The number of para-hydroxylation sites is 1. The molecule has 0 spiro atoms. The third-order valence-corrected chi connectivity index (χ3v) is 4.94.